The molecule has 0 saturated heterocycles. The van der Waals surface area contributed by atoms with Crippen molar-refractivity contribution in [2.45, 2.75) is 20.8 Å². The molecular weight excluding hydrogens is 164 g/mol. The van der Waals surface area contributed by atoms with Crippen molar-refractivity contribution in [3.63, 3.8) is 0 Å². The lowest BCUT2D eigenvalue weighted by molar-refractivity contribution is 0.112. The summed E-state index contributed by atoms with van der Waals surface area (Å²) in [5.41, 5.74) is 4.18. The van der Waals surface area contributed by atoms with Gasteiger partial charge < -0.3 is 0 Å². The predicted molar refractivity (Wildman–Crippen MR) is 54.4 cm³/mol. The van der Waals surface area contributed by atoms with Gasteiger partial charge in [0.1, 0.15) is 0 Å². The van der Waals surface area contributed by atoms with Crippen LogP contribution in [0.1, 0.15) is 27.0 Å². The van der Waals surface area contributed by atoms with E-state index >= 15 is 0 Å². The van der Waals surface area contributed by atoms with Gasteiger partial charge in [-0.2, -0.15) is 0 Å². The Bertz CT molecular complexity index is 272. The van der Waals surface area contributed by atoms with Crippen molar-refractivity contribution in [3.8, 4) is 0 Å². The van der Waals surface area contributed by atoms with Crippen LogP contribution in [-0.4, -0.2) is 6.29 Å². The summed E-state index contributed by atoms with van der Waals surface area (Å²) in [6.07, 6.45) is 0.921. The topological polar surface area (TPSA) is 69.1 Å². The standard InChI is InChI=1S/C10H12O.H4N2/c1-7-4-8(2)10(6-11)9(3)5-7;1-2/h4-6H,1-3H3;1-2H2. The number of aryl methyl sites for hydroxylation is 3. The van der Waals surface area contributed by atoms with Crippen molar-refractivity contribution in [1.82, 2.24) is 0 Å². The number of benzene rings is 1. The third-order valence-electron chi connectivity index (χ3n) is 1.86. The van der Waals surface area contributed by atoms with Gasteiger partial charge in [0, 0.05) is 5.56 Å². The first kappa shape index (κ1) is 11.8. The number of hydrazine groups is 1. The molecule has 0 aliphatic carbocycles. The van der Waals surface area contributed by atoms with E-state index in [1.807, 2.05) is 32.9 Å². The zero-order valence-electron chi connectivity index (χ0n) is 8.29. The van der Waals surface area contributed by atoms with Gasteiger partial charge in [0.2, 0.25) is 0 Å². The minimum atomic E-state index is 0.829. The molecule has 1 rings (SSSR count). The highest BCUT2D eigenvalue weighted by Gasteiger charge is 2.00. The van der Waals surface area contributed by atoms with Gasteiger partial charge in [-0.3, -0.25) is 16.5 Å². The van der Waals surface area contributed by atoms with Crippen LogP contribution in [0.3, 0.4) is 0 Å². The lowest BCUT2D eigenvalue weighted by Gasteiger charge is -2.03. The van der Waals surface area contributed by atoms with Crippen molar-refractivity contribution in [2.75, 3.05) is 0 Å². The van der Waals surface area contributed by atoms with Crippen LogP contribution in [0.15, 0.2) is 12.1 Å². The quantitative estimate of drug-likeness (QED) is 0.388. The maximum absolute atomic E-state index is 10.6. The Morgan fingerprint density at radius 1 is 1.08 bits per heavy atom. The van der Waals surface area contributed by atoms with Gasteiger partial charge in [0.05, 0.1) is 0 Å². The summed E-state index contributed by atoms with van der Waals surface area (Å²) in [6, 6.07) is 4.05. The van der Waals surface area contributed by atoms with Crippen molar-refractivity contribution in [3.05, 3.63) is 34.4 Å². The van der Waals surface area contributed by atoms with Crippen LogP contribution in [-0.2, 0) is 0 Å². The van der Waals surface area contributed by atoms with E-state index in [2.05, 4.69) is 11.7 Å². The summed E-state index contributed by atoms with van der Waals surface area (Å²) in [5, 5.41) is 0. The number of carbonyl (C=O) groups excluding carboxylic acids is 1. The van der Waals surface area contributed by atoms with Crippen LogP contribution in [0.2, 0.25) is 0 Å². The Morgan fingerprint density at radius 2 is 1.46 bits per heavy atom. The van der Waals surface area contributed by atoms with Crippen molar-refractivity contribution in [1.29, 1.82) is 0 Å². The largest absolute Gasteiger partial charge is 0.298 e. The Morgan fingerprint density at radius 3 is 1.77 bits per heavy atom. The third kappa shape index (κ3) is 2.97. The third-order valence-corrected chi connectivity index (χ3v) is 1.86. The van der Waals surface area contributed by atoms with Gasteiger partial charge in [0.25, 0.3) is 0 Å². The highest BCUT2D eigenvalue weighted by Crippen LogP contribution is 2.13. The second-order valence-electron chi connectivity index (χ2n) is 2.93. The average molecular weight is 180 g/mol. The Balaban J connectivity index is 0.000000671. The number of carbonyl (C=O) groups is 1. The van der Waals surface area contributed by atoms with Crippen molar-refractivity contribution < 1.29 is 4.79 Å². The van der Waals surface area contributed by atoms with Crippen molar-refractivity contribution >= 4 is 6.29 Å². The first-order valence-electron chi connectivity index (χ1n) is 4.01. The summed E-state index contributed by atoms with van der Waals surface area (Å²) >= 11 is 0. The average Bonchev–Trinajstić information content (AvgIpc) is 2.07. The van der Waals surface area contributed by atoms with E-state index in [-0.39, 0.29) is 0 Å². The van der Waals surface area contributed by atoms with E-state index in [1.54, 1.807) is 0 Å². The summed E-state index contributed by atoms with van der Waals surface area (Å²) in [4.78, 5) is 10.6. The van der Waals surface area contributed by atoms with Crippen LogP contribution in [0.25, 0.3) is 0 Å². The van der Waals surface area contributed by atoms with E-state index in [9.17, 15) is 4.79 Å². The molecule has 0 amide bonds. The fourth-order valence-electron chi connectivity index (χ4n) is 1.38. The molecule has 0 saturated carbocycles. The molecule has 0 aromatic heterocycles. The minimum Gasteiger partial charge on any atom is -0.298 e. The zero-order chi connectivity index (χ0) is 10.4. The molecule has 0 heterocycles. The number of aldehydes is 1. The molecule has 0 fully saturated rings. The van der Waals surface area contributed by atoms with Gasteiger partial charge in [-0.05, 0) is 31.9 Å². The van der Waals surface area contributed by atoms with Gasteiger partial charge in [0.15, 0.2) is 6.29 Å². The van der Waals surface area contributed by atoms with Crippen LogP contribution in [0.5, 0.6) is 0 Å². The Hall–Kier alpha value is -1.19. The fourth-order valence-corrected chi connectivity index (χ4v) is 1.38. The van der Waals surface area contributed by atoms with Crippen LogP contribution >= 0.6 is 0 Å². The van der Waals surface area contributed by atoms with Crippen LogP contribution in [0, 0.1) is 20.8 Å². The molecule has 0 bridgehead atoms. The normalized spacial score (nSPS) is 8.69. The zero-order valence-corrected chi connectivity index (χ0v) is 8.29. The number of hydrogen-bond acceptors (Lipinski definition) is 3. The Kier molecular flexibility index (Phi) is 4.96. The summed E-state index contributed by atoms with van der Waals surface area (Å²) in [7, 11) is 0. The second-order valence-corrected chi connectivity index (χ2v) is 2.93. The molecule has 0 aliphatic heterocycles. The SMILES string of the molecule is Cc1cc(C)c(C=O)c(C)c1.NN. The maximum Gasteiger partial charge on any atom is 0.150 e. The van der Waals surface area contributed by atoms with Gasteiger partial charge in [-0.25, -0.2) is 0 Å². The molecule has 1 aromatic carbocycles. The number of hydrogen-bond donors (Lipinski definition) is 2. The first-order valence-corrected chi connectivity index (χ1v) is 4.01. The smallest absolute Gasteiger partial charge is 0.150 e. The second kappa shape index (κ2) is 5.45. The van der Waals surface area contributed by atoms with E-state index in [4.69, 9.17) is 0 Å². The molecule has 72 valence electrons. The highest BCUT2D eigenvalue weighted by atomic mass is 16.1. The molecular formula is C10H16N2O. The minimum absolute atomic E-state index is 0.829. The van der Waals surface area contributed by atoms with Crippen molar-refractivity contribution in [2.24, 2.45) is 11.7 Å². The first-order chi connectivity index (χ1) is 6.15. The lowest BCUT2D eigenvalue weighted by atomic mass is 10.0. The monoisotopic (exact) mass is 180 g/mol. The van der Waals surface area contributed by atoms with E-state index < -0.39 is 0 Å². The maximum atomic E-state index is 10.6. The van der Waals surface area contributed by atoms with Crippen LogP contribution < -0.4 is 11.7 Å². The van der Waals surface area contributed by atoms with Crippen LogP contribution in [0.4, 0.5) is 0 Å². The predicted octanol–water partition coefficient (Wildman–Crippen LogP) is 1.24. The molecule has 13 heavy (non-hydrogen) atoms. The van der Waals surface area contributed by atoms with E-state index in [1.165, 1.54) is 5.56 Å². The molecule has 3 nitrogen and oxygen atoms in total. The molecule has 0 atom stereocenters. The number of rotatable bonds is 1. The summed E-state index contributed by atoms with van der Waals surface area (Å²) < 4.78 is 0. The summed E-state index contributed by atoms with van der Waals surface area (Å²) in [5.74, 6) is 8.00. The fraction of sp³-hybridized carbons (Fsp3) is 0.300. The van der Waals surface area contributed by atoms with E-state index in [0.29, 0.717) is 0 Å². The van der Waals surface area contributed by atoms with Gasteiger partial charge >= 0.3 is 0 Å². The Labute approximate surface area is 78.7 Å². The van der Waals surface area contributed by atoms with Gasteiger partial charge in [-0.1, -0.05) is 17.7 Å². The van der Waals surface area contributed by atoms with Gasteiger partial charge in [-0.15, -0.1) is 0 Å². The highest BCUT2D eigenvalue weighted by molar-refractivity contribution is 5.79. The molecule has 1 aromatic rings. The summed E-state index contributed by atoms with van der Waals surface area (Å²) in [6.45, 7) is 5.96. The molecule has 3 heteroatoms. The molecule has 4 N–H and O–H groups in total. The molecule has 0 spiro atoms. The molecule has 0 unspecified atom stereocenters. The number of nitrogens with two attached hydrogens (primary N) is 2. The molecule has 0 aliphatic rings. The lowest BCUT2D eigenvalue weighted by Crippen LogP contribution is -2.02. The molecule has 0 radical (unpaired) electrons. The van der Waals surface area contributed by atoms with E-state index in [0.717, 1.165) is 23.0 Å².